The number of carboxylic acids is 1. The molecule has 0 unspecified atom stereocenters. The maximum atomic E-state index is 12.4. The van der Waals surface area contributed by atoms with E-state index >= 15 is 0 Å². The first-order valence-corrected chi connectivity index (χ1v) is 52.7. The Balaban J connectivity index is 0.000000232. The third-order valence-corrected chi connectivity index (χ3v) is 26.8. The molecule has 0 aliphatic carbocycles. The van der Waals surface area contributed by atoms with Gasteiger partial charge in [0.15, 0.2) is 9.34 Å². The number of furan rings is 6. The molecule has 2 N–H and O–H groups in total. The van der Waals surface area contributed by atoms with Crippen molar-refractivity contribution >= 4 is 129 Å². The first kappa shape index (κ1) is 122. The molecule has 8 aromatic rings. The van der Waals surface area contributed by atoms with Crippen molar-refractivity contribution in [1.82, 2.24) is 24.5 Å². The van der Waals surface area contributed by atoms with E-state index in [2.05, 4.69) is 41.0 Å². The molecule has 4 fully saturated rings. The van der Waals surface area contributed by atoms with Crippen LogP contribution in [0.2, 0.25) is 0 Å². The van der Waals surface area contributed by atoms with E-state index in [1.54, 1.807) is 85.6 Å². The number of methoxy groups -OCH3 is 3. The monoisotopic (exact) mass is 2230 g/mol. The molecule has 0 atom stereocenters. The molecule has 0 radical (unpaired) electrons. The number of rotatable bonds is 15. The second kappa shape index (κ2) is 53.7. The van der Waals surface area contributed by atoms with E-state index < -0.39 is 71.1 Å². The van der Waals surface area contributed by atoms with Crippen LogP contribution in [0.3, 0.4) is 0 Å². The number of likely N-dealkylation sites (tertiary alicyclic amines) is 3. The number of nitrogens with zero attached hydrogens (tertiary/aromatic N) is 5. The molecule has 804 valence electrons. The summed E-state index contributed by atoms with van der Waals surface area (Å²) in [7, 11) is 1.38. The Hall–Kier alpha value is -11.1. The first-order chi connectivity index (χ1) is 68.0. The number of aliphatic hydroxyl groups excluding tert-OH is 1. The lowest BCUT2D eigenvalue weighted by Gasteiger charge is -2.33. The number of aryl methyl sites for hydroxylation is 2. The highest BCUT2D eigenvalue weighted by Crippen LogP contribution is 2.41. The Morgan fingerprint density at radius 1 is 0.418 bits per heavy atom. The summed E-state index contributed by atoms with van der Waals surface area (Å²) in [5.41, 5.74) is 3.85. The van der Waals surface area contributed by atoms with E-state index in [9.17, 15) is 65.1 Å². The number of carboxylic acid groups (broad SMARTS) is 1. The Labute approximate surface area is 876 Å². The summed E-state index contributed by atoms with van der Waals surface area (Å²) >= 11 is 5.96. The van der Waals surface area contributed by atoms with Gasteiger partial charge in [-0.3, -0.25) is 4.18 Å². The van der Waals surface area contributed by atoms with Gasteiger partial charge in [-0.25, -0.2) is 51.6 Å². The molecule has 37 nitrogen and oxygen atoms in total. The van der Waals surface area contributed by atoms with Gasteiger partial charge in [-0.1, -0.05) is 47.5 Å². The molecule has 43 heteroatoms. The second-order valence-electron chi connectivity index (χ2n) is 40.6. The molecule has 0 bridgehead atoms. The maximum absolute atomic E-state index is 12.4. The van der Waals surface area contributed by atoms with Gasteiger partial charge in [0.25, 0.3) is 19.2 Å². The summed E-state index contributed by atoms with van der Waals surface area (Å²) in [6.45, 7) is 45.4. The summed E-state index contributed by atoms with van der Waals surface area (Å²) in [5.74, 6) is 1.00. The highest BCUT2D eigenvalue weighted by atomic mass is 79.9. The fourth-order valence-corrected chi connectivity index (χ4v) is 17.2. The molecule has 5 amide bonds. The lowest BCUT2D eigenvalue weighted by atomic mass is 9.75. The zero-order valence-electron chi connectivity index (χ0n) is 87.5. The number of hydrogen-bond donors (Lipinski definition) is 2. The van der Waals surface area contributed by atoms with Crippen LogP contribution in [-0.2, 0) is 83.8 Å². The van der Waals surface area contributed by atoms with Gasteiger partial charge in [0.05, 0.1) is 93.1 Å². The van der Waals surface area contributed by atoms with E-state index in [0.29, 0.717) is 123 Å². The number of hydrogen-bond acceptors (Lipinski definition) is 31. The van der Waals surface area contributed by atoms with Crippen LogP contribution in [0, 0.1) is 13.8 Å². The second-order valence-corrected chi connectivity index (χ2v) is 46.2. The van der Waals surface area contributed by atoms with Gasteiger partial charge >= 0.3 is 61.5 Å². The molecule has 0 spiro atoms. The van der Waals surface area contributed by atoms with Crippen molar-refractivity contribution in [3.8, 4) is 0 Å². The van der Waals surface area contributed by atoms with Crippen LogP contribution in [0.1, 0.15) is 287 Å². The highest BCUT2D eigenvalue weighted by molar-refractivity contribution is 9.10. The third kappa shape index (κ3) is 38.5. The van der Waals surface area contributed by atoms with Gasteiger partial charge < -0.3 is 108 Å². The molecule has 4 saturated heterocycles. The maximum Gasteiger partial charge on any atom is 0.490 e. The van der Waals surface area contributed by atoms with Gasteiger partial charge in [-0.15, -0.1) is 0 Å². The number of carbonyl (C=O) groups excluding carboxylic acids is 8. The Kier molecular flexibility index (Phi) is 44.8. The zero-order chi connectivity index (χ0) is 109. The van der Waals surface area contributed by atoms with Crippen molar-refractivity contribution < 1.29 is 148 Å². The average Bonchev–Trinajstić information content (AvgIpc) is 1.62. The molecular formula is C103H139BBr2ClN5O32S2. The summed E-state index contributed by atoms with van der Waals surface area (Å²) in [5, 5.41) is 17.6. The topological polar surface area (TPSA) is 459 Å². The van der Waals surface area contributed by atoms with Crippen LogP contribution < -0.4 is 0 Å². The quantitative estimate of drug-likeness (QED) is 0.0316. The number of amides is 5. The number of benzene rings is 2. The summed E-state index contributed by atoms with van der Waals surface area (Å²) in [6.07, 6.45) is 17.2. The van der Waals surface area contributed by atoms with Gasteiger partial charge in [-0.05, 0) is 300 Å². The van der Waals surface area contributed by atoms with Crippen molar-refractivity contribution in [3.05, 3.63) is 217 Å². The van der Waals surface area contributed by atoms with Crippen LogP contribution in [0.25, 0.3) is 5.57 Å². The lowest BCUT2D eigenvalue weighted by Crippen LogP contribution is -2.41. The highest BCUT2D eigenvalue weighted by Gasteiger charge is 2.53. The van der Waals surface area contributed by atoms with Gasteiger partial charge in [0.2, 0.25) is 0 Å². The van der Waals surface area contributed by atoms with Gasteiger partial charge in [-0.2, -0.15) is 8.42 Å². The third-order valence-electron chi connectivity index (χ3n) is 22.9. The van der Waals surface area contributed by atoms with Crippen molar-refractivity contribution in [2.75, 3.05) is 86.8 Å². The normalized spacial score (nSPS) is 16.2. The van der Waals surface area contributed by atoms with Crippen molar-refractivity contribution in [2.45, 2.75) is 277 Å². The molecule has 14 rings (SSSR count). The zero-order valence-corrected chi connectivity index (χ0v) is 93.0. The predicted octanol–water partition coefficient (Wildman–Crippen LogP) is 22.4. The van der Waals surface area contributed by atoms with E-state index in [-0.39, 0.29) is 99.8 Å². The minimum absolute atomic E-state index is 0.00187. The minimum Gasteiger partial charge on any atom is -0.478 e. The van der Waals surface area contributed by atoms with Crippen molar-refractivity contribution in [3.63, 3.8) is 0 Å². The number of piperidine rings is 3. The van der Waals surface area contributed by atoms with Crippen LogP contribution in [0.15, 0.2) is 186 Å². The van der Waals surface area contributed by atoms with E-state index in [0.717, 1.165) is 71.4 Å². The number of halogens is 3. The number of aromatic carboxylic acids is 1. The lowest BCUT2D eigenvalue weighted by molar-refractivity contribution is 0.00578. The molecule has 146 heavy (non-hydrogen) atoms. The van der Waals surface area contributed by atoms with E-state index in [1.807, 2.05) is 158 Å². The smallest absolute Gasteiger partial charge is 0.478 e. The van der Waals surface area contributed by atoms with Crippen LogP contribution in [-0.4, -0.2) is 239 Å². The largest absolute Gasteiger partial charge is 0.490 e. The van der Waals surface area contributed by atoms with Crippen molar-refractivity contribution in [2.24, 2.45) is 0 Å². The number of ether oxygens (including phenoxy) is 8. The Morgan fingerprint density at radius 2 is 0.747 bits per heavy atom. The Bertz CT molecular complexity index is 5920. The Morgan fingerprint density at radius 3 is 1.10 bits per heavy atom. The number of carbonyl (C=O) groups is 9. The molecule has 6 aliphatic heterocycles. The molecule has 6 aliphatic rings. The SMILES string of the molecule is CC(C)(C)OC(=O)N1CC=C(B2OC(C)(C)C(C)(C)O2)CC1.CC(C)(C)OC(=O)N1CCC(c2occc2CO)CC1.COC(=O)c1ccoc1Br.COC(=O)c1ccoc1C1=CCN(C(=O)OC(C)(C)C)CC1.COC(=O)c1ccoc1C1CCN(C(=O)OC(C)(C)C)CC1.Cc1ccc(S(=O)(=O)Cl)cc1.Cc1ccc(S(=O)(=O)OCc2ccoc2C2CCN(C(=O)OC(C)(C)C)CC2)cc1.O=C(O)c1ccoc1Br. The number of aliphatic hydroxyl groups is 1. The molecule has 2 aromatic carbocycles. The molecule has 12 heterocycles. The summed E-state index contributed by atoms with van der Waals surface area (Å²) in [4.78, 5) is 113. The molecule has 0 saturated carbocycles. The molecule has 6 aromatic heterocycles. The first-order valence-electron chi connectivity index (χ1n) is 47.4. The van der Waals surface area contributed by atoms with Crippen LogP contribution in [0.5, 0.6) is 0 Å². The van der Waals surface area contributed by atoms with Gasteiger partial charge in [0, 0.05) is 105 Å². The average molecular weight is 2230 g/mol. The standard InChI is InChI=1S/C22H29NO6S.C16H28BNO4.C16H23NO5.C16H21NO5.C15H23NO4.C7H7ClO2S.C6H5BrO3.C5H3BrO3/c1-16-5-7-19(8-6-16)30(25,26)28-15-18-11-14-27-20(18)17-9-12-23(13-10-17)21(24)29-22(2,3)4;1-14(2,3)20-13(19)18-10-8-12(9-11-18)17-21-15(4,5)16(6,7)22-17;2*1-16(2,3)22-15(19)17-8-5-11(6-9-17)13-12(7-10-21-13)14(18)20-4;1-15(2,3)20-14(18)16-7-4-11(5-8-16)13-12(10-17)6-9-19-13;1-6-2-4-7(5-3-6)11(8,9)10;1-9-6(8)4-2-3-10-5(4)7;6-4-3(5(7)8)1-2-9-4/h5-8,11,14,17H,9-10,12-13,15H2,1-4H3;8H,9-11H2,1-7H3;7,10-11H,5-6,8-9H2,1-4H3;5,7,10H,6,8-9H2,1-4H3;6,9,11,17H,4-5,7-8,10H2,1-3H3;2-5H,1H3;2-3H,1H3;1-2H,(H,7,8). The van der Waals surface area contributed by atoms with E-state index in [1.165, 1.54) is 82.8 Å². The van der Waals surface area contributed by atoms with E-state index in [4.69, 9.17) is 84.5 Å². The predicted molar refractivity (Wildman–Crippen MR) is 548 cm³/mol. The fraction of sp³-hybridized carbons (Fsp3) is 0.524. The summed E-state index contributed by atoms with van der Waals surface area (Å²) < 4.78 is 137. The fourth-order valence-electron chi connectivity index (χ4n) is 14.7. The molecular weight excluding hydrogens is 2090 g/mol. The minimum atomic E-state index is -3.85. The number of esters is 3. The van der Waals surface area contributed by atoms with Crippen molar-refractivity contribution in [1.29, 1.82) is 0 Å². The van der Waals surface area contributed by atoms with Crippen LogP contribution in [0.4, 0.5) is 24.0 Å². The summed E-state index contributed by atoms with van der Waals surface area (Å²) in [6, 6.07) is 22.6. The van der Waals surface area contributed by atoms with Gasteiger partial charge in [0.1, 0.15) is 73.3 Å². The van der Waals surface area contributed by atoms with Crippen LogP contribution >= 0.6 is 42.5 Å².